The Kier molecular flexibility index (Phi) is 102. The first-order valence-electron chi connectivity index (χ1n) is 0. The van der Waals surface area contributed by atoms with Crippen LogP contribution in [0, 0.1) is 41.7 Å². The van der Waals surface area contributed by atoms with Gasteiger partial charge in [-0.3, -0.25) is 0 Å². The van der Waals surface area contributed by atoms with E-state index in [1.54, 1.807) is 0 Å². The first kappa shape index (κ1) is 25.5. The second-order valence-corrected chi connectivity index (χ2v) is 0. The van der Waals surface area contributed by atoms with Crippen molar-refractivity contribution in [3.05, 3.63) is 0 Å². The van der Waals surface area contributed by atoms with E-state index in [-0.39, 0.29) is 111 Å². The van der Waals surface area contributed by atoms with Gasteiger partial charge in [0, 0.05) is 111 Å². The van der Waals surface area contributed by atoms with Gasteiger partial charge in [-0.25, -0.2) is 0 Å². The number of hydrogen-bond acceptors (Lipinski definition) is 0. The molecule has 4 heavy (non-hydrogen) atoms. The van der Waals surface area contributed by atoms with Crippen LogP contribution < -0.4 is 0 Å². The molecule has 4 heteroatoms. The summed E-state index contributed by atoms with van der Waals surface area (Å²) in [6.45, 7) is 0. The molecule has 0 aromatic rings. The second kappa shape index (κ2) is 16.0. The third kappa shape index (κ3) is 9.15. The molecule has 0 aromatic heterocycles. The minimum atomic E-state index is 0. The van der Waals surface area contributed by atoms with Crippen molar-refractivity contribution in [2.75, 3.05) is 0 Å². The van der Waals surface area contributed by atoms with Crippen molar-refractivity contribution < 1.29 is 111 Å². The Balaban J connectivity index is 0. The zero-order chi connectivity index (χ0) is 0. The van der Waals surface area contributed by atoms with Crippen LogP contribution in [0.25, 0.3) is 0 Å². The van der Waals surface area contributed by atoms with Gasteiger partial charge >= 0.3 is 0 Å². The molecular weight excluding hydrogens is 389 g/mol. The van der Waals surface area contributed by atoms with Crippen LogP contribution in [0.2, 0.25) is 0 Å². The molecule has 0 atom stereocenters. The van der Waals surface area contributed by atoms with E-state index in [0.717, 1.165) is 0 Å². The molecular formula is CeCoRuY. The molecule has 0 saturated carbocycles. The van der Waals surface area contributed by atoms with Crippen LogP contribution in [-0.2, 0) is 69.0 Å². The molecule has 0 bridgehead atoms. The molecule has 0 nitrogen and oxygen atoms in total. The molecule has 0 rings (SSSR count). The Morgan fingerprint density at radius 3 is 1.00 bits per heavy atom. The Bertz CT molecular complexity index is 8.00. The summed E-state index contributed by atoms with van der Waals surface area (Å²) in [5.41, 5.74) is 0. The average Bonchev–Trinajstić information content (AvgIpc) is 0. The Morgan fingerprint density at radius 1 is 1.00 bits per heavy atom. The second-order valence-electron chi connectivity index (χ2n) is 0. The summed E-state index contributed by atoms with van der Waals surface area (Å²) in [5.74, 6) is 0. The predicted molar refractivity (Wildman–Crippen MR) is 0 cm³/mol. The molecule has 2 radical (unpaired) electrons. The van der Waals surface area contributed by atoms with Crippen molar-refractivity contribution in [2.45, 2.75) is 0 Å². The van der Waals surface area contributed by atoms with Crippen LogP contribution in [-0.4, -0.2) is 0 Å². The third-order valence-electron chi connectivity index (χ3n) is 0. The Hall–Kier alpha value is 3.61. The first-order chi connectivity index (χ1) is 0. The van der Waals surface area contributed by atoms with E-state index in [4.69, 9.17) is 0 Å². The smallest absolute Gasteiger partial charge is 0 e. The van der Waals surface area contributed by atoms with E-state index >= 15 is 0 Å². The molecule has 0 aromatic carbocycles. The maximum absolute atomic E-state index is 0. The molecule has 0 aliphatic rings. The normalized spacial score (nSPS) is 0. The fourth-order valence-corrected chi connectivity index (χ4v) is 0. The Labute approximate surface area is 108 Å². The Morgan fingerprint density at radius 2 is 1.00 bits per heavy atom. The van der Waals surface area contributed by atoms with Crippen LogP contribution in [0.3, 0.4) is 0 Å². The molecule has 0 unspecified atom stereocenters. The van der Waals surface area contributed by atoms with Gasteiger partial charge in [-0.1, -0.05) is 0 Å². The monoisotopic (exact) mass is 390 g/mol. The van der Waals surface area contributed by atoms with Gasteiger partial charge in [0.25, 0.3) is 0 Å². The van der Waals surface area contributed by atoms with E-state index in [0.29, 0.717) is 0 Å². The first-order valence-corrected chi connectivity index (χ1v) is 0. The van der Waals surface area contributed by atoms with E-state index in [1.165, 1.54) is 0 Å². The molecule has 0 heterocycles. The standard InChI is InChI=1S/Ce.Co.Ru.Y. The van der Waals surface area contributed by atoms with Crippen molar-refractivity contribution in [1.82, 2.24) is 0 Å². The van der Waals surface area contributed by atoms with E-state index in [1.807, 2.05) is 0 Å². The molecule has 0 N–H and O–H groups in total. The van der Waals surface area contributed by atoms with Crippen LogP contribution in [0.5, 0.6) is 0 Å². The van der Waals surface area contributed by atoms with Gasteiger partial charge in [-0.15, -0.1) is 0 Å². The topological polar surface area (TPSA) is 0 Å². The van der Waals surface area contributed by atoms with Gasteiger partial charge in [0.05, 0.1) is 0 Å². The van der Waals surface area contributed by atoms with Gasteiger partial charge in [-0.05, 0) is 0 Å². The molecule has 0 aliphatic carbocycles. The van der Waals surface area contributed by atoms with Crippen molar-refractivity contribution in [3.63, 3.8) is 0 Å². The fraction of sp³-hybridized carbons (Fsp3) is 0. The molecule has 0 amide bonds. The quantitative estimate of drug-likeness (QED) is 0.512. The number of rotatable bonds is 0. The van der Waals surface area contributed by atoms with Gasteiger partial charge < -0.3 is 0 Å². The SMILES string of the molecule is [Ce].[Co].[Ru].[Y]. The summed E-state index contributed by atoms with van der Waals surface area (Å²) in [4.78, 5) is 0. The van der Waals surface area contributed by atoms with Gasteiger partial charge in [-0.2, -0.15) is 0 Å². The predicted octanol–water partition coefficient (Wildman–Crippen LogP) is -0.00750. The minimum Gasteiger partial charge on any atom is 0 e. The van der Waals surface area contributed by atoms with Gasteiger partial charge in [0.15, 0.2) is 0 Å². The van der Waals surface area contributed by atoms with Gasteiger partial charge in [0.1, 0.15) is 0 Å². The van der Waals surface area contributed by atoms with Crippen molar-refractivity contribution in [2.24, 2.45) is 0 Å². The minimum absolute atomic E-state index is 0. The van der Waals surface area contributed by atoms with Crippen LogP contribution >= 0.6 is 0 Å². The molecule has 0 saturated heterocycles. The van der Waals surface area contributed by atoms with Crippen LogP contribution in [0.1, 0.15) is 0 Å². The summed E-state index contributed by atoms with van der Waals surface area (Å²) in [6, 6.07) is 0. The molecule has 24 valence electrons. The van der Waals surface area contributed by atoms with Crippen molar-refractivity contribution in [3.8, 4) is 0 Å². The summed E-state index contributed by atoms with van der Waals surface area (Å²) >= 11 is 0. The molecule has 0 aliphatic heterocycles. The summed E-state index contributed by atoms with van der Waals surface area (Å²) in [6.07, 6.45) is 0. The summed E-state index contributed by atoms with van der Waals surface area (Å²) in [5, 5.41) is 0. The third-order valence-corrected chi connectivity index (χ3v) is 0. The number of hydrogen-bond donors (Lipinski definition) is 0. The van der Waals surface area contributed by atoms with Gasteiger partial charge in [0.2, 0.25) is 0 Å². The fourth-order valence-electron chi connectivity index (χ4n) is 0. The summed E-state index contributed by atoms with van der Waals surface area (Å²) < 4.78 is 0. The molecule has 0 fully saturated rings. The van der Waals surface area contributed by atoms with Crippen molar-refractivity contribution in [1.29, 1.82) is 0 Å². The largest absolute Gasteiger partial charge is 0 e. The zero-order valence-electron chi connectivity index (χ0n) is 1.76. The molecule has 0 spiro atoms. The van der Waals surface area contributed by atoms with E-state index in [9.17, 15) is 0 Å². The maximum Gasteiger partial charge on any atom is 0 e. The van der Waals surface area contributed by atoms with Crippen LogP contribution in [0.15, 0.2) is 0 Å². The zero-order valence-corrected chi connectivity index (χ0v) is 10.5. The summed E-state index contributed by atoms with van der Waals surface area (Å²) in [7, 11) is 0. The average molecular weight is 389 g/mol. The van der Waals surface area contributed by atoms with E-state index in [2.05, 4.69) is 0 Å². The maximum atomic E-state index is 0. The van der Waals surface area contributed by atoms with E-state index < -0.39 is 0 Å². The van der Waals surface area contributed by atoms with Crippen LogP contribution in [0.4, 0.5) is 0 Å². The van der Waals surface area contributed by atoms with Crippen molar-refractivity contribution >= 4 is 0 Å².